The van der Waals surface area contributed by atoms with E-state index in [1.54, 1.807) is 10.9 Å². The zero-order chi connectivity index (χ0) is 21.5. The predicted molar refractivity (Wildman–Crippen MR) is 117 cm³/mol. The van der Waals surface area contributed by atoms with E-state index in [0.717, 1.165) is 41.2 Å². The predicted octanol–water partition coefficient (Wildman–Crippen LogP) is 4.98. The van der Waals surface area contributed by atoms with Crippen molar-refractivity contribution in [3.63, 3.8) is 0 Å². The Balaban J connectivity index is 1.34. The van der Waals surface area contributed by atoms with E-state index in [2.05, 4.69) is 20.6 Å². The SMILES string of the molecule is Cc1ccc(NC(=O)c2cn(-c3ccc(-c4noc(C5CC5)n4)cc3)nc2C)cc1C. The van der Waals surface area contributed by atoms with Crippen molar-refractivity contribution >= 4 is 11.6 Å². The van der Waals surface area contributed by atoms with Crippen LogP contribution in [-0.4, -0.2) is 25.8 Å². The van der Waals surface area contributed by atoms with Crippen LogP contribution >= 0.6 is 0 Å². The molecule has 0 spiro atoms. The number of aromatic nitrogens is 4. The van der Waals surface area contributed by atoms with Crippen LogP contribution in [0.5, 0.6) is 0 Å². The Kier molecular flexibility index (Phi) is 4.66. The van der Waals surface area contributed by atoms with Crippen LogP contribution in [-0.2, 0) is 0 Å². The Morgan fingerprint density at radius 3 is 2.55 bits per heavy atom. The van der Waals surface area contributed by atoms with Crippen molar-refractivity contribution in [2.45, 2.75) is 39.5 Å². The Morgan fingerprint density at radius 1 is 1.06 bits per heavy atom. The largest absolute Gasteiger partial charge is 0.339 e. The summed E-state index contributed by atoms with van der Waals surface area (Å²) >= 11 is 0. The topological polar surface area (TPSA) is 85.8 Å². The first-order valence-corrected chi connectivity index (χ1v) is 10.4. The number of hydrogen-bond acceptors (Lipinski definition) is 5. The van der Waals surface area contributed by atoms with Gasteiger partial charge in [0.2, 0.25) is 11.7 Å². The average molecular weight is 413 g/mol. The Hall–Kier alpha value is -3.74. The van der Waals surface area contributed by atoms with E-state index in [1.807, 2.05) is 63.2 Å². The second-order valence-corrected chi connectivity index (χ2v) is 8.10. The molecule has 0 unspecified atom stereocenters. The number of anilines is 1. The Morgan fingerprint density at radius 2 is 1.84 bits per heavy atom. The lowest BCUT2D eigenvalue weighted by atomic mass is 10.1. The maximum absolute atomic E-state index is 12.8. The fourth-order valence-electron chi connectivity index (χ4n) is 3.44. The molecule has 0 saturated heterocycles. The lowest BCUT2D eigenvalue weighted by Gasteiger charge is -2.07. The van der Waals surface area contributed by atoms with Crippen molar-refractivity contribution in [1.82, 2.24) is 19.9 Å². The molecule has 1 N–H and O–H groups in total. The first-order chi connectivity index (χ1) is 15.0. The Labute approximate surface area is 180 Å². The number of carbonyl (C=O) groups is 1. The van der Waals surface area contributed by atoms with Crippen LogP contribution in [0.4, 0.5) is 5.69 Å². The summed E-state index contributed by atoms with van der Waals surface area (Å²) in [5.74, 6) is 1.57. The van der Waals surface area contributed by atoms with E-state index in [0.29, 0.717) is 23.0 Å². The molecule has 4 aromatic rings. The summed E-state index contributed by atoms with van der Waals surface area (Å²) < 4.78 is 7.05. The molecule has 1 aliphatic rings. The van der Waals surface area contributed by atoms with Gasteiger partial charge < -0.3 is 9.84 Å². The second kappa shape index (κ2) is 7.50. The fraction of sp³-hybridized carbons (Fsp3) is 0.250. The van der Waals surface area contributed by atoms with E-state index in [-0.39, 0.29) is 5.91 Å². The number of aryl methyl sites for hydroxylation is 3. The first-order valence-electron chi connectivity index (χ1n) is 10.4. The number of carbonyl (C=O) groups excluding carboxylic acids is 1. The molecular formula is C24H23N5O2. The van der Waals surface area contributed by atoms with Crippen LogP contribution in [0.2, 0.25) is 0 Å². The quantitative estimate of drug-likeness (QED) is 0.499. The third kappa shape index (κ3) is 3.86. The zero-order valence-electron chi connectivity index (χ0n) is 17.7. The van der Waals surface area contributed by atoms with Crippen molar-refractivity contribution in [3.8, 4) is 17.1 Å². The minimum absolute atomic E-state index is 0.178. The summed E-state index contributed by atoms with van der Waals surface area (Å²) in [6.07, 6.45) is 4.00. The van der Waals surface area contributed by atoms with Crippen LogP contribution in [0.15, 0.2) is 53.2 Å². The lowest BCUT2D eigenvalue weighted by molar-refractivity contribution is 0.102. The minimum atomic E-state index is -0.178. The summed E-state index contributed by atoms with van der Waals surface area (Å²) in [6.45, 7) is 5.91. The molecule has 1 fully saturated rings. The summed E-state index contributed by atoms with van der Waals surface area (Å²) in [5.41, 5.74) is 6.03. The first kappa shape index (κ1) is 19.2. The molecule has 2 aromatic heterocycles. The molecule has 31 heavy (non-hydrogen) atoms. The van der Waals surface area contributed by atoms with Crippen LogP contribution in [0, 0.1) is 20.8 Å². The van der Waals surface area contributed by atoms with Gasteiger partial charge in [-0.1, -0.05) is 11.2 Å². The van der Waals surface area contributed by atoms with Crippen molar-refractivity contribution in [2.24, 2.45) is 0 Å². The van der Waals surface area contributed by atoms with E-state index in [1.165, 1.54) is 5.56 Å². The minimum Gasteiger partial charge on any atom is -0.339 e. The molecule has 2 aromatic carbocycles. The highest BCUT2D eigenvalue weighted by atomic mass is 16.5. The molecule has 1 aliphatic carbocycles. The van der Waals surface area contributed by atoms with Gasteiger partial charge in [0.15, 0.2) is 0 Å². The molecule has 7 heteroatoms. The van der Waals surface area contributed by atoms with E-state index in [9.17, 15) is 4.79 Å². The van der Waals surface area contributed by atoms with Crippen molar-refractivity contribution in [2.75, 3.05) is 5.32 Å². The van der Waals surface area contributed by atoms with Crippen molar-refractivity contribution in [1.29, 1.82) is 0 Å². The number of amides is 1. The normalized spacial score (nSPS) is 13.4. The van der Waals surface area contributed by atoms with Gasteiger partial charge in [0.25, 0.3) is 5.91 Å². The fourth-order valence-corrected chi connectivity index (χ4v) is 3.44. The van der Waals surface area contributed by atoms with Crippen LogP contribution in [0.3, 0.4) is 0 Å². The van der Waals surface area contributed by atoms with E-state index >= 15 is 0 Å². The van der Waals surface area contributed by atoms with Crippen LogP contribution < -0.4 is 5.32 Å². The molecule has 7 nitrogen and oxygen atoms in total. The number of nitrogens with zero attached hydrogens (tertiary/aromatic N) is 4. The van der Waals surface area contributed by atoms with Crippen LogP contribution in [0.25, 0.3) is 17.1 Å². The molecule has 1 amide bonds. The van der Waals surface area contributed by atoms with Gasteiger partial charge in [-0.2, -0.15) is 10.1 Å². The third-order valence-electron chi connectivity index (χ3n) is 5.67. The van der Waals surface area contributed by atoms with Gasteiger partial charge in [0.05, 0.1) is 16.9 Å². The molecule has 0 radical (unpaired) electrons. The van der Waals surface area contributed by atoms with E-state index < -0.39 is 0 Å². The van der Waals surface area contributed by atoms with Gasteiger partial charge in [-0.3, -0.25) is 4.79 Å². The monoisotopic (exact) mass is 413 g/mol. The highest BCUT2D eigenvalue weighted by Crippen LogP contribution is 2.39. The van der Waals surface area contributed by atoms with Gasteiger partial charge in [-0.25, -0.2) is 4.68 Å². The van der Waals surface area contributed by atoms with Crippen LogP contribution in [0.1, 0.15) is 51.8 Å². The average Bonchev–Trinajstić information content (AvgIpc) is 3.36. The highest BCUT2D eigenvalue weighted by molar-refractivity contribution is 6.05. The molecular weight excluding hydrogens is 390 g/mol. The number of nitrogens with one attached hydrogen (secondary N) is 1. The maximum atomic E-state index is 12.8. The molecule has 1 saturated carbocycles. The Bertz CT molecular complexity index is 1270. The highest BCUT2D eigenvalue weighted by Gasteiger charge is 2.29. The number of rotatable bonds is 5. The molecule has 0 atom stereocenters. The van der Waals surface area contributed by atoms with Crippen molar-refractivity contribution < 1.29 is 9.32 Å². The lowest BCUT2D eigenvalue weighted by Crippen LogP contribution is -2.12. The maximum Gasteiger partial charge on any atom is 0.259 e. The van der Waals surface area contributed by atoms with Gasteiger partial charge in [-0.05, 0) is 81.1 Å². The van der Waals surface area contributed by atoms with Gasteiger partial charge in [0, 0.05) is 23.4 Å². The number of hydrogen-bond donors (Lipinski definition) is 1. The van der Waals surface area contributed by atoms with E-state index in [4.69, 9.17) is 4.52 Å². The standard InChI is InChI=1S/C24H23N5O2/c1-14-4-9-19(12-15(14)2)25-23(30)21-13-29(27-16(21)3)20-10-7-17(8-11-20)22-26-24(31-28-22)18-5-6-18/h4,7-13,18H,5-6H2,1-3H3,(H,25,30). The number of benzene rings is 2. The molecule has 5 rings (SSSR count). The van der Waals surface area contributed by atoms with Gasteiger partial charge >= 0.3 is 0 Å². The summed E-state index contributed by atoms with van der Waals surface area (Å²) in [4.78, 5) is 17.3. The summed E-state index contributed by atoms with van der Waals surface area (Å²) in [6, 6.07) is 13.6. The third-order valence-corrected chi connectivity index (χ3v) is 5.67. The molecule has 2 heterocycles. The molecule has 156 valence electrons. The van der Waals surface area contributed by atoms with Gasteiger partial charge in [-0.15, -0.1) is 0 Å². The zero-order valence-corrected chi connectivity index (χ0v) is 17.7. The summed E-state index contributed by atoms with van der Waals surface area (Å²) in [5, 5.41) is 11.6. The second-order valence-electron chi connectivity index (χ2n) is 8.10. The van der Waals surface area contributed by atoms with Gasteiger partial charge in [0.1, 0.15) is 0 Å². The summed E-state index contributed by atoms with van der Waals surface area (Å²) in [7, 11) is 0. The molecule has 0 aliphatic heterocycles. The smallest absolute Gasteiger partial charge is 0.259 e. The molecule has 0 bridgehead atoms. The van der Waals surface area contributed by atoms with Crippen molar-refractivity contribution in [3.05, 3.63) is 76.9 Å².